The van der Waals surface area contributed by atoms with Gasteiger partial charge in [0, 0.05) is 36.1 Å². The van der Waals surface area contributed by atoms with Gasteiger partial charge < -0.3 is 16.2 Å². The lowest BCUT2D eigenvalue weighted by Crippen LogP contribution is -2.31. The third kappa shape index (κ3) is 4.65. The first-order valence-corrected chi connectivity index (χ1v) is 10.5. The van der Waals surface area contributed by atoms with Crippen LogP contribution in [0.3, 0.4) is 0 Å². The van der Waals surface area contributed by atoms with Crippen LogP contribution in [-0.4, -0.2) is 32.4 Å². The zero-order chi connectivity index (χ0) is 24.4. The number of halogens is 2. The maximum absolute atomic E-state index is 15.0. The predicted octanol–water partition coefficient (Wildman–Crippen LogP) is 3.78. The number of carbonyl (C=O) groups is 1. The Morgan fingerprint density at radius 2 is 1.94 bits per heavy atom. The Morgan fingerprint density at radius 3 is 2.59 bits per heavy atom. The molecule has 0 saturated heterocycles. The Hall–Kier alpha value is -4.11. The van der Waals surface area contributed by atoms with Crippen LogP contribution >= 0.6 is 0 Å². The number of anilines is 1. The van der Waals surface area contributed by atoms with Gasteiger partial charge in [-0.3, -0.25) is 9.48 Å². The second kappa shape index (κ2) is 9.40. The van der Waals surface area contributed by atoms with E-state index < -0.39 is 30.2 Å². The highest BCUT2D eigenvalue weighted by Crippen LogP contribution is 2.31. The lowest BCUT2D eigenvalue weighted by Gasteiger charge is -2.17. The number of amides is 1. The van der Waals surface area contributed by atoms with E-state index >= 15 is 0 Å². The van der Waals surface area contributed by atoms with Gasteiger partial charge in [0.25, 0.3) is 5.91 Å². The maximum Gasteiger partial charge on any atom is 0.254 e. The number of nitrogen functional groups attached to an aromatic ring is 1. The van der Waals surface area contributed by atoms with Gasteiger partial charge in [-0.2, -0.15) is 5.10 Å². The van der Waals surface area contributed by atoms with Crippen LogP contribution in [0.15, 0.2) is 60.9 Å². The highest BCUT2D eigenvalue weighted by atomic mass is 19.1. The molecular formula is C25H23F2N5O2. The number of hydrogen-bond acceptors (Lipinski definition) is 5. The summed E-state index contributed by atoms with van der Waals surface area (Å²) in [7, 11) is 1.82. The second-order valence-corrected chi connectivity index (χ2v) is 7.92. The van der Waals surface area contributed by atoms with E-state index in [4.69, 9.17) is 5.73 Å². The second-order valence-electron chi connectivity index (χ2n) is 7.92. The van der Waals surface area contributed by atoms with Crippen LogP contribution in [0, 0.1) is 18.6 Å². The number of pyridine rings is 1. The quantitative estimate of drug-likeness (QED) is 0.404. The van der Waals surface area contributed by atoms with Gasteiger partial charge in [-0.15, -0.1) is 0 Å². The van der Waals surface area contributed by atoms with Crippen molar-refractivity contribution in [3.05, 3.63) is 89.4 Å². The first kappa shape index (κ1) is 23.1. The van der Waals surface area contributed by atoms with Gasteiger partial charge in [0.15, 0.2) is 0 Å². The number of aryl methyl sites for hydroxylation is 2. The molecule has 0 bridgehead atoms. The molecule has 1 amide bonds. The fourth-order valence-electron chi connectivity index (χ4n) is 3.80. The molecule has 9 heteroatoms. The van der Waals surface area contributed by atoms with Crippen molar-refractivity contribution in [3.63, 3.8) is 0 Å². The van der Waals surface area contributed by atoms with Crippen molar-refractivity contribution in [2.24, 2.45) is 7.05 Å². The summed E-state index contributed by atoms with van der Waals surface area (Å²) in [6.45, 7) is 1.40. The van der Waals surface area contributed by atoms with Crippen molar-refractivity contribution in [1.29, 1.82) is 0 Å². The van der Waals surface area contributed by atoms with Crippen molar-refractivity contribution in [3.8, 4) is 22.3 Å². The van der Waals surface area contributed by atoms with Crippen LogP contribution in [0.5, 0.6) is 0 Å². The topological polar surface area (TPSA) is 106 Å². The van der Waals surface area contributed by atoms with Crippen LogP contribution in [0.25, 0.3) is 22.3 Å². The molecule has 2 aromatic carbocycles. The fraction of sp³-hybridized carbons (Fsp3) is 0.160. The van der Waals surface area contributed by atoms with Gasteiger partial charge in [0.1, 0.15) is 17.5 Å². The van der Waals surface area contributed by atoms with Crippen molar-refractivity contribution < 1.29 is 18.7 Å². The molecule has 0 radical (unpaired) electrons. The third-order valence-electron chi connectivity index (χ3n) is 5.51. The van der Waals surface area contributed by atoms with Gasteiger partial charge in [-0.1, -0.05) is 18.2 Å². The Balaban J connectivity index is 1.61. The van der Waals surface area contributed by atoms with Crippen molar-refractivity contribution in [2.45, 2.75) is 13.0 Å². The van der Waals surface area contributed by atoms with E-state index in [2.05, 4.69) is 15.4 Å². The van der Waals surface area contributed by atoms with E-state index in [1.165, 1.54) is 30.3 Å². The lowest BCUT2D eigenvalue weighted by atomic mass is 9.99. The number of nitrogens with two attached hydrogens (primary N) is 1. The minimum Gasteiger partial charge on any atom is -0.394 e. The SMILES string of the molecule is Cc1nn(C)cc1-c1cnc(N)c(-c2ccc(C(=O)NC(CO)c3cccc(F)c3)c(F)c2)c1. The summed E-state index contributed by atoms with van der Waals surface area (Å²) in [5, 5.41) is 16.5. The minimum absolute atomic E-state index is 0.216. The third-order valence-corrected chi connectivity index (χ3v) is 5.51. The standard InChI is InChI=1S/C25H23F2N5O2/c1-14-21(12-32(2)31-14)17-9-20(24(28)29-11-17)15-6-7-19(22(27)10-15)25(34)30-23(13-33)16-4-3-5-18(26)8-16/h3-12,23,33H,13H2,1-2H3,(H2,28,29)(H,30,34). The molecule has 0 fully saturated rings. The number of hydrogen-bond donors (Lipinski definition) is 3. The highest BCUT2D eigenvalue weighted by Gasteiger charge is 2.19. The van der Waals surface area contributed by atoms with E-state index in [1.54, 1.807) is 29.1 Å². The number of aliphatic hydroxyl groups excluding tert-OH is 1. The summed E-state index contributed by atoms with van der Waals surface area (Å²) in [4.78, 5) is 16.9. The van der Waals surface area contributed by atoms with Gasteiger partial charge in [0.05, 0.1) is 23.9 Å². The number of aliphatic hydroxyl groups is 1. The number of aromatic nitrogens is 3. The molecule has 174 valence electrons. The molecule has 2 aromatic heterocycles. The Labute approximate surface area is 194 Å². The average molecular weight is 463 g/mol. The van der Waals surface area contributed by atoms with Gasteiger partial charge in [0.2, 0.25) is 0 Å². The van der Waals surface area contributed by atoms with Crippen LogP contribution in [0.1, 0.15) is 27.7 Å². The monoisotopic (exact) mass is 463 g/mol. The Bertz CT molecular complexity index is 1370. The van der Waals surface area contributed by atoms with E-state index in [9.17, 15) is 18.7 Å². The number of nitrogens with zero attached hydrogens (tertiary/aromatic N) is 3. The molecule has 34 heavy (non-hydrogen) atoms. The number of rotatable bonds is 6. The molecule has 0 spiro atoms. The van der Waals surface area contributed by atoms with Crippen molar-refractivity contribution in [2.75, 3.05) is 12.3 Å². The molecule has 0 saturated carbocycles. The summed E-state index contributed by atoms with van der Waals surface area (Å²) in [5.41, 5.74) is 9.64. The fourth-order valence-corrected chi connectivity index (χ4v) is 3.80. The van der Waals surface area contributed by atoms with E-state index in [0.29, 0.717) is 16.7 Å². The van der Waals surface area contributed by atoms with Crippen LogP contribution < -0.4 is 11.1 Å². The van der Waals surface area contributed by atoms with E-state index in [-0.39, 0.29) is 11.4 Å². The predicted molar refractivity (Wildman–Crippen MR) is 125 cm³/mol. The zero-order valence-electron chi connectivity index (χ0n) is 18.6. The molecule has 0 aliphatic carbocycles. The molecule has 0 aliphatic heterocycles. The average Bonchev–Trinajstić information content (AvgIpc) is 3.15. The van der Waals surface area contributed by atoms with Gasteiger partial charge in [-0.05, 0) is 48.4 Å². The van der Waals surface area contributed by atoms with E-state index in [0.717, 1.165) is 16.8 Å². The molecule has 4 N–H and O–H groups in total. The molecule has 1 atom stereocenters. The number of nitrogens with one attached hydrogen (secondary N) is 1. The summed E-state index contributed by atoms with van der Waals surface area (Å²) < 4.78 is 30.2. The van der Waals surface area contributed by atoms with Gasteiger partial charge >= 0.3 is 0 Å². The largest absolute Gasteiger partial charge is 0.394 e. The smallest absolute Gasteiger partial charge is 0.254 e. The first-order chi connectivity index (χ1) is 16.3. The molecule has 2 heterocycles. The summed E-state index contributed by atoms with van der Waals surface area (Å²) in [6, 6.07) is 10.5. The van der Waals surface area contributed by atoms with Crippen molar-refractivity contribution in [1.82, 2.24) is 20.1 Å². The minimum atomic E-state index is -0.887. The molecule has 0 aliphatic rings. The Morgan fingerprint density at radius 1 is 1.15 bits per heavy atom. The lowest BCUT2D eigenvalue weighted by molar-refractivity contribution is 0.0912. The van der Waals surface area contributed by atoms with Crippen LogP contribution in [-0.2, 0) is 7.05 Å². The summed E-state index contributed by atoms with van der Waals surface area (Å²) in [5.74, 6) is -1.80. The summed E-state index contributed by atoms with van der Waals surface area (Å²) >= 11 is 0. The van der Waals surface area contributed by atoms with Crippen LogP contribution in [0.2, 0.25) is 0 Å². The first-order valence-electron chi connectivity index (χ1n) is 10.5. The van der Waals surface area contributed by atoms with E-state index in [1.807, 2.05) is 20.2 Å². The number of benzene rings is 2. The summed E-state index contributed by atoms with van der Waals surface area (Å²) in [6.07, 6.45) is 3.49. The van der Waals surface area contributed by atoms with Crippen molar-refractivity contribution >= 4 is 11.7 Å². The maximum atomic E-state index is 15.0. The molecular weight excluding hydrogens is 440 g/mol. The molecule has 7 nitrogen and oxygen atoms in total. The molecule has 4 aromatic rings. The number of carbonyl (C=O) groups excluding carboxylic acids is 1. The highest BCUT2D eigenvalue weighted by molar-refractivity contribution is 5.95. The normalized spacial score (nSPS) is 11.9. The molecule has 4 rings (SSSR count). The Kier molecular flexibility index (Phi) is 6.38. The van der Waals surface area contributed by atoms with Gasteiger partial charge in [-0.25, -0.2) is 13.8 Å². The zero-order valence-corrected chi connectivity index (χ0v) is 18.6. The van der Waals surface area contributed by atoms with Crippen LogP contribution in [0.4, 0.5) is 14.6 Å². The molecule has 1 unspecified atom stereocenters.